The number of halogens is 4. The first kappa shape index (κ1) is 20.5. The number of aryl methyl sites for hydroxylation is 1. The minimum atomic E-state index is -4.43. The molecule has 0 saturated heterocycles. The van der Waals surface area contributed by atoms with Gasteiger partial charge < -0.3 is 9.26 Å². The Hall–Kier alpha value is -3.06. The van der Waals surface area contributed by atoms with E-state index < -0.39 is 11.7 Å². The molecular formula is C25H18ClF3N2O2. The topological polar surface area (TPSA) is 48.2 Å². The van der Waals surface area contributed by atoms with Crippen molar-refractivity contribution in [1.29, 1.82) is 0 Å². The van der Waals surface area contributed by atoms with Crippen LogP contribution in [-0.4, -0.2) is 10.1 Å². The Bertz CT molecular complexity index is 1400. The third-order valence-electron chi connectivity index (χ3n) is 6.44. The second kappa shape index (κ2) is 7.48. The van der Waals surface area contributed by atoms with Crippen LogP contribution in [-0.2, 0) is 25.4 Å². The van der Waals surface area contributed by atoms with Gasteiger partial charge >= 0.3 is 6.18 Å². The predicted molar refractivity (Wildman–Crippen MR) is 117 cm³/mol. The Kier molecular flexibility index (Phi) is 4.66. The standard InChI is InChI=1S/C25H18ClF3N2O2/c26-15-9-13-10-22(24-18-3-1-2-4-20(18)31-33-24)32-23(13)19(12-15)16-7-8-30-21-11-14(25(27,28)29)5-6-17(16)21/h5-9,11-12,22H,1-4,10H2/t22-/m1/s1. The lowest BCUT2D eigenvalue weighted by molar-refractivity contribution is -0.137. The van der Waals surface area contributed by atoms with Gasteiger partial charge in [0.25, 0.3) is 0 Å². The van der Waals surface area contributed by atoms with Crippen LogP contribution in [0.1, 0.15) is 47.1 Å². The average Bonchev–Trinajstić information content (AvgIpc) is 3.41. The van der Waals surface area contributed by atoms with E-state index in [4.69, 9.17) is 20.9 Å². The van der Waals surface area contributed by atoms with Crippen LogP contribution in [0.15, 0.2) is 47.1 Å². The number of pyridine rings is 1. The van der Waals surface area contributed by atoms with Crippen LogP contribution < -0.4 is 4.74 Å². The molecule has 0 saturated carbocycles. The molecule has 33 heavy (non-hydrogen) atoms. The van der Waals surface area contributed by atoms with E-state index in [0.29, 0.717) is 28.1 Å². The molecule has 0 fully saturated rings. The summed E-state index contributed by atoms with van der Waals surface area (Å²) in [6, 6.07) is 9.01. The summed E-state index contributed by atoms with van der Waals surface area (Å²) in [5, 5.41) is 5.38. The van der Waals surface area contributed by atoms with Crippen LogP contribution >= 0.6 is 11.6 Å². The van der Waals surface area contributed by atoms with Crippen molar-refractivity contribution in [1.82, 2.24) is 10.1 Å². The van der Waals surface area contributed by atoms with E-state index in [1.165, 1.54) is 12.3 Å². The second-order valence-electron chi connectivity index (χ2n) is 8.52. The summed E-state index contributed by atoms with van der Waals surface area (Å²) >= 11 is 6.45. The molecule has 4 aromatic rings. The summed E-state index contributed by atoms with van der Waals surface area (Å²) in [5.41, 5.74) is 4.04. The van der Waals surface area contributed by atoms with Crippen LogP contribution in [0.5, 0.6) is 5.75 Å². The van der Waals surface area contributed by atoms with Gasteiger partial charge in [0, 0.05) is 39.7 Å². The molecule has 8 heteroatoms. The molecule has 1 aliphatic heterocycles. The third kappa shape index (κ3) is 3.46. The van der Waals surface area contributed by atoms with Crippen molar-refractivity contribution in [2.75, 3.05) is 0 Å². The molecule has 0 amide bonds. The maximum Gasteiger partial charge on any atom is 0.416 e. The number of alkyl halides is 3. The molecule has 0 unspecified atom stereocenters. The first-order chi connectivity index (χ1) is 15.9. The fraction of sp³-hybridized carbons (Fsp3) is 0.280. The summed E-state index contributed by atoms with van der Waals surface area (Å²) in [6.45, 7) is 0. The highest BCUT2D eigenvalue weighted by molar-refractivity contribution is 6.31. The van der Waals surface area contributed by atoms with Crippen LogP contribution in [0.25, 0.3) is 22.0 Å². The van der Waals surface area contributed by atoms with Crippen molar-refractivity contribution in [3.8, 4) is 16.9 Å². The summed E-state index contributed by atoms with van der Waals surface area (Å²) in [6.07, 6.45) is 1.39. The first-order valence-corrected chi connectivity index (χ1v) is 11.2. The number of ether oxygens (including phenoxy) is 1. The summed E-state index contributed by atoms with van der Waals surface area (Å²) < 4.78 is 51.7. The molecule has 0 bridgehead atoms. The fourth-order valence-corrected chi connectivity index (χ4v) is 5.14. The number of nitrogens with zero attached hydrogens (tertiary/aromatic N) is 2. The smallest absolute Gasteiger partial charge is 0.416 e. The van der Waals surface area contributed by atoms with Crippen LogP contribution in [0.3, 0.4) is 0 Å². The molecule has 0 N–H and O–H groups in total. The van der Waals surface area contributed by atoms with Crippen molar-refractivity contribution < 1.29 is 22.4 Å². The van der Waals surface area contributed by atoms with Crippen molar-refractivity contribution >= 4 is 22.5 Å². The number of aromatic nitrogens is 2. The van der Waals surface area contributed by atoms with Gasteiger partial charge in [-0.3, -0.25) is 4.98 Å². The molecule has 0 radical (unpaired) electrons. The molecule has 168 valence electrons. The van der Waals surface area contributed by atoms with E-state index in [2.05, 4.69) is 10.1 Å². The van der Waals surface area contributed by atoms with E-state index >= 15 is 0 Å². The van der Waals surface area contributed by atoms with Gasteiger partial charge in [-0.15, -0.1) is 0 Å². The molecule has 2 aliphatic rings. The van der Waals surface area contributed by atoms with Crippen molar-refractivity contribution in [2.45, 2.75) is 44.4 Å². The van der Waals surface area contributed by atoms with Crippen molar-refractivity contribution in [2.24, 2.45) is 0 Å². The van der Waals surface area contributed by atoms with E-state index in [1.807, 2.05) is 6.07 Å². The van der Waals surface area contributed by atoms with Gasteiger partial charge in [0.1, 0.15) is 5.75 Å². The van der Waals surface area contributed by atoms with Crippen molar-refractivity contribution in [3.05, 3.63) is 75.8 Å². The molecule has 0 spiro atoms. The molecular weight excluding hydrogens is 453 g/mol. The molecule has 3 heterocycles. The number of benzene rings is 2. The highest BCUT2D eigenvalue weighted by Crippen LogP contribution is 2.47. The summed E-state index contributed by atoms with van der Waals surface area (Å²) in [4.78, 5) is 4.16. The van der Waals surface area contributed by atoms with Gasteiger partial charge in [0.15, 0.2) is 11.9 Å². The monoisotopic (exact) mass is 470 g/mol. The molecule has 2 aromatic carbocycles. The van der Waals surface area contributed by atoms with E-state index in [9.17, 15) is 13.2 Å². The van der Waals surface area contributed by atoms with Gasteiger partial charge in [-0.2, -0.15) is 13.2 Å². The lowest BCUT2D eigenvalue weighted by Gasteiger charge is -2.15. The van der Waals surface area contributed by atoms with Crippen LogP contribution in [0.4, 0.5) is 13.2 Å². The Morgan fingerprint density at radius 1 is 1.00 bits per heavy atom. The summed E-state index contributed by atoms with van der Waals surface area (Å²) in [7, 11) is 0. The van der Waals surface area contributed by atoms with Crippen molar-refractivity contribution in [3.63, 3.8) is 0 Å². The van der Waals surface area contributed by atoms with Gasteiger partial charge in [0.05, 0.1) is 16.8 Å². The first-order valence-electron chi connectivity index (χ1n) is 10.8. The number of fused-ring (bicyclic) bond motifs is 3. The Morgan fingerprint density at radius 2 is 1.85 bits per heavy atom. The zero-order valence-electron chi connectivity index (χ0n) is 17.4. The lowest BCUT2D eigenvalue weighted by Crippen LogP contribution is -2.08. The Labute approximate surface area is 192 Å². The fourth-order valence-electron chi connectivity index (χ4n) is 4.90. The largest absolute Gasteiger partial charge is 0.481 e. The SMILES string of the molecule is FC(F)(F)c1ccc2c(-c3cc(Cl)cc4c3O[C@@H](c3onc5c3CCCC5)C4)ccnc2c1. The highest BCUT2D eigenvalue weighted by atomic mass is 35.5. The minimum Gasteiger partial charge on any atom is -0.481 e. The van der Waals surface area contributed by atoms with E-state index in [-0.39, 0.29) is 11.6 Å². The van der Waals surface area contributed by atoms with Gasteiger partial charge in [-0.1, -0.05) is 22.8 Å². The maximum atomic E-state index is 13.2. The second-order valence-corrected chi connectivity index (χ2v) is 8.96. The van der Waals surface area contributed by atoms with E-state index in [0.717, 1.165) is 66.0 Å². The number of rotatable bonds is 2. The molecule has 2 aromatic heterocycles. The quantitative estimate of drug-likeness (QED) is 0.313. The zero-order valence-corrected chi connectivity index (χ0v) is 18.1. The molecule has 4 nitrogen and oxygen atoms in total. The Balaban J connectivity index is 1.44. The summed E-state index contributed by atoms with van der Waals surface area (Å²) in [5.74, 6) is 1.43. The van der Waals surface area contributed by atoms with Gasteiger partial charge in [-0.25, -0.2) is 0 Å². The normalized spacial score (nSPS) is 17.6. The molecule has 1 aliphatic carbocycles. The predicted octanol–water partition coefficient (Wildman–Crippen LogP) is 7.12. The maximum absolute atomic E-state index is 13.2. The van der Waals surface area contributed by atoms with Crippen LogP contribution in [0, 0.1) is 0 Å². The number of hydrogen-bond acceptors (Lipinski definition) is 4. The number of hydrogen-bond donors (Lipinski definition) is 0. The zero-order chi connectivity index (χ0) is 22.7. The third-order valence-corrected chi connectivity index (χ3v) is 6.66. The average molecular weight is 471 g/mol. The van der Waals surface area contributed by atoms with Gasteiger partial charge in [-0.05, 0) is 61.6 Å². The van der Waals surface area contributed by atoms with Crippen LogP contribution in [0.2, 0.25) is 5.02 Å². The molecule has 6 rings (SSSR count). The van der Waals surface area contributed by atoms with Gasteiger partial charge in [0.2, 0.25) is 0 Å². The molecule has 1 atom stereocenters. The van der Waals surface area contributed by atoms with E-state index in [1.54, 1.807) is 12.1 Å². The minimum absolute atomic E-state index is 0.259. The Morgan fingerprint density at radius 3 is 2.70 bits per heavy atom. The highest BCUT2D eigenvalue weighted by Gasteiger charge is 2.35. The lowest BCUT2D eigenvalue weighted by atomic mass is 9.93.